The van der Waals surface area contributed by atoms with Crippen LogP contribution in [0.2, 0.25) is 0 Å². The maximum absolute atomic E-state index is 13.6. The van der Waals surface area contributed by atoms with Gasteiger partial charge in [-0.05, 0) is 75.3 Å². The molecule has 0 radical (unpaired) electrons. The highest BCUT2D eigenvalue weighted by atomic mass is 32.2. The topological polar surface area (TPSA) is 86.8 Å². The quantitative estimate of drug-likeness (QED) is 0.433. The largest absolute Gasteiger partial charge is 0.352 e. The Hall–Kier alpha value is -2.87. The Kier molecular flexibility index (Phi) is 10.4. The first-order valence-electron chi connectivity index (χ1n) is 13.7. The average Bonchev–Trinajstić information content (AvgIpc) is 2.87. The van der Waals surface area contributed by atoms with Gasteiger partial charge in [-0.15, -0.1) is 0 Å². The molecule has 208 valence electrons. The monoisotopic (exact) mass is 541 g/mol. The number of carbonyl (C=O) groups is 2. The van der Waals surface area contributed by atoms with E-state index in [9.17, 15) is 18.0 Å². The van der Waals surface area contributed by atoms with Gasteiger partial charge < -0.3 is 10.2 Å². The van der Waals surface area contributed by atoms with E-state index in [1.54, 1.807) is 11.8 Å². The van der Waals surface area contributed by atoms with Gasteiger partial charge in [0.25, 0.3) is 0 Å². The SMILES string of the molecule is Cc1ccc(C)c(N(CCCC(=O)N(Cc2ccccc2C)C(C)C(=O)NC2CCCCC2)S(C)(=O)=O)c1. The van der Waals surface area contributed by atoms with Gasteiger partial charge in [-0.3, -0.25) is 13.9 Å². The summed E-state index contributed by atoms with van der Waals surface area (Å²) in [6.07, 6.45) is 7.06. The molecule has 1 atom stereocenters. The zero-order valence-corrected chi connectivity index (χ0v) is 24.3. The van der Waals surface area contributed by atoms with Crippen LogP contribution in [-0.4, -0.2) is 50.0 Å². The van der Waals surface area contributed by atoms with E-state index in [1.807, 2.05) is 63.2 Å². The van der Waals surface area contributed by atoms with Crippen molar-refractivity contribution in [3.05, 3.63) is 64.7 Å². The first-order chi connectivity index (χ1) is 18.0. The van der Waals surface area contributed by atoms with E-state index >= 15 is 0 Å². The fourth-order valence-corrected chi connectivity index (χ4v) is 6.11. The molecule has 0 bridgehead atoms. The van der Waals surface area contributed by atoms with Crippen LogP contribution >= 0.6 is 0 Å². The number of sulfonamides is 1. The fraction of sp³-hybridized carbons (Fsp3) is 0.533. The lowest BCUT2D eigenvalue weighted by molar-refractivity contribution is -0.141. The average molecular weight is 542 g/mol. The summed E-state index contributed by atoms with van der Waals surface area (Å²) >= 11 is 0. The second-order valence-electron chi connectivity index (χ2n) is 10.7. The minimum absolute atomic E-state index is 0.132. The molecule has 1 aliphatic carbocycles. The zero-order valence-electron chi connectivity index (χ0n) is 23.5. The Balaban J connectivity index is 1.75. The first kappa shape index (κ1) is 29.7. The van der Waals surface area contributed by atoms with Crippen molar-refractivity contribution in [1.82, 2.24) is 10.2 Å². The van der Waals surface area contributed by atoms with E-state index in [2.05, 4.69) is 5.32 Å². The molecule has 3 rings (SSSR count). The summed E-state index contributed by atoms with van der Waals surface area (Å²) in [5, 5.41) is 3.16. The third-order valence-corrected chi connectivity index (χ3v) is 8.69. The highest BCUT2D eigenvalue weighted by molar-refractivity contribution is 7.92. The number of carbonyl (C=O) groups excluding carboxylic acids is 2. The van der Waals surface area contributed by atoms with Crippen LogP contribution in [0.3, 0.4) is 0 Å². The number of benzene rings is 2. The molecule has 0 saturated heterocycles. The molecule has 2 amide bonds. The van der Waals surface area contributed by atoms with Crippen LogP contribution in [0.15, 0.2) is 42.5 Å². The molecule has 1 N–H and O–H groups in total. The van der Waals surface area contributed by atoms with Gasteiger partial charge in [0.15, 0.2) is 0 Å². The number of anilines is 1. The lowest BCUT2D eigenvalue weighted by Gasteiger charge is -2.32. The second-order valence-corrected chi connectivity index (χ2v) is 12.6. The molecular weight excluding hydrogens is 498 g/mol. The molecule has 0 heterocycles. The zero-order chi connectivity index (χ0) is 27.9. The van der Waals surface area contributed by atoms with Gasteiger partial charge >= 0.3 is 0 Å². The summed E-state index contributed by atoms with van der Waals surface area (Å²) in [6, 6.07) is 13.1. The summed E-state index contributed by atoms with van der Waals surface area (Å²) < 4.78 is 26.7. The number of rotatable bonds is 11. The molecule has 1 saturated carbocycles. The maximum atomic E-state index is 13.6. The summed E-state index contributed by atoms with van der Waals surface area (Å²) in [5.41, 5.74) is 4.52. The minimum atomic E-state index is -3.53. The number of amides is 2. The minimum Gasteiger partial charge on any atom is -0.352 e. The van der Waals surface area contributed by atoms with Crippen molar-refractivity contribution in [1.29, 1.82) is 0 Å². The van der Waals surface area contributed by atoms with Gasteiger partial charge in [-0.2, -0.15) is 0 Å². The van der Waals surface area contributed by atoms with E-state index in [0.717, 1.165) is 47.9 Å². The van der Waals surface area contributed by atoms with Crippen LogP contribution in [0.4, 0.5) is 5.69 Å². The maximum Gasteiger partial charge on any atom is 0.242 e. The Morgan fingerprint density at radius 2 is 1.68 bits per heavy atom. The standard InChI is InChI=1S/C30H43N3O4S/c1-22-17-18-24(3)28(20-22)33(38(5,36)37)19-11-16-29(34)32(21-26-13-10-9-12-23(26)2)25(4)30(35)31-27-14-7-6-8-15-27/h9-10,12-13,17-18,20,25,27H,6-8,11,14-16,19,21H2,1-5H3,(H,31,35). The lowest BCUT2D eigenvalue weighted by atomic mass is 9.95. The third kappa shape index (κ3) is 8.06. The highest BCUT2D eigenvalue weighted by Crippen LogP contribution is 2.25. The predicted octanol–water partition coefficient (Wildman–Crippen LogP) is 5.02. The molecule has 0 aromatic heterocycles. The summed E-state index contributed by atoms with van der Waals surface area (Å²) in [5.74, 6) is -0.291. The predicted molar refractivity (Wildman–Crippen MR) is 154 cm³/mol. The van der Waals surface area contributed by atoms with Crippen LogP contribution in [-0.2, 0) is 26.2 Å². The molecule has 0 aliphatic heterocycles. The molecule has 2 aromatic rings. The van der Waals surface area contributed by atoms with Crippen LogP contribution in [0.25, 0.3) is 0 Å². The second kappa shape index (κ2) is 13.3. The van der Waals surface area contributed by atoms with Gasteiger partial charge in [0.1, 0.15) is 6.04 Å². The van der Waals surface area contributed by atoms with Crippen LogP contribution in [0.1, 0.15) is 74.1 Å². The number of aryl methyl sites for hydroxylation is 3. The molecule has 1 unspecified atom stereocenters. The van der Waals surface area contributed by atoms with E-state index in [-0.39, 0.29) is 30.8 Å². The van der Waals surface area contributed by atoms with Crippen molar-refractivity contribution in [2.45, 2.75) is 91.3 Å². The lowest BCUT2D eigenvalue weighted by Crippen LogP contribution is -2.50. The first-order valence-corrected chi connectivity index (χ1v) is 15.5. The molecule has 0 spiro atoms. The molecule has 8 heteroatoms. The molecule has 1 fully saturated rings. The van der Waals surface area contributed by atoms with Crippen molar-refractivity contribution in [2.24, 2.45) is 0 Å². The molecule has 2 aromatic carbocycles. The Morgan fingerprint density at radius 1 is 1.00 bits per heavy atom. The van der Waals surface area contributed by atoms with Crippen molar-refractivity contribution >= 4 is 27.5 Å². The third-order valence-electron chi connectivity index (χ3n) is 7.51. The molecule has 38 heavy (non-hydrogen) atoms. The highest BCUT2D eigenvalue weighted by Gasteiger charge is 2.29. The molecular formula is C30H43N3O4S. The van der Waals surface area contributed by atoms with Crippen molar-refractivity contribution < 1.29 is 18.0 Å². The van der Waals surface area contributed by atoms with Crippen molar-refractivity contribution in [2.75, 3.05) is 17.1 Å². The van der Waals surface area contributed by atoms with Crippen molar-refractivity contribution in [3.8, 4) is 0 Å². The summed E-state index contributed by atoms with van der Waals surface area (Å²) in [6.45, 7) is 8.12. The van der Waals surface area contributed by atoms with Gasteiger partial charge in [0.2, 0.25) is 21.8 Å². The van der Waals surface area contributed by atoms with Crippen LogP contribution < -0.4 is 9.62 Å². The van der Waals surface area contributed by atoms with E-state index in [4.69, 9.17) is 0 Å². The normalized spacial score (nSPS) is 15.1. The Labute approximate surface area is 228 Å². The van der Waals surface area contributed by atoms with Gasteiger partial charge in [-0.1, -0.05) is 55.7 Å². The number of nitrogens with zero attached hydrogens (tertiary/aromatic N) is 2. The van der Waals surface area contributed by atoms with E-state index in [1.165, 1.54) is 17.0 Å². The fourth-order valence-electron chi connectivity index (χ4n) is 5.09. The van der Waals surface area contributed by atoms with Crippen LogP contribution in [0.5, 0.6) is 0 Å². The Bertz CT molecular complexity index is 1220. The number of hydrogen-bond donors (Lipinski definition) is 1. The van der Waals surface area contributed by atoms with Gasteiger partial charge in [0, 0.05) is 25.6 Å². The van der Waals surface area contributed by atoms with E-state index < -0.39 is 16.1 Å². The molecule has 1 aliphatic rings. The molecule has 7 nitrogen and oxygen atoms in total. The van der Waals surface area contributed by atoms with E-state index in [0.29, 0.717) is 18.7 Å². The summed E-state index contributed by atoms with van der Waals surface area (Å²) in [7, 11) is -3.53. The Morgan fingerprint density at radius 3 is 2.34 bits per heavy atom. The summed E-state index contributed by atoms with van der Waals surface area (Å²) in [4.78, 5) is 28.4. The van der Waals surface area contributed by atoms with Gasteiger partial charge in [-0.25, -0.2) is 8.42 Å². The number of nitrogens with one attached hydrogen (secondary N) is 1. The van der Waals surface area contributed by atoms with Gasteiger partial charge in [0.05, 0.1) is 11.9 Å². The van der Waals surface area contributed by atoms with Crippen LogP contribution in [0, 0.1) is 20.8 Å². The number of hydrogen-bond acceptors (Lipinski definition) is 4. The smallest absolute Gasteiger partial charge is 0.242 e. The van der Waals surface area contributed by atoms with Crippen molar-refractivity contribution in [3.63, 3.8) is 0 Å².